The van der Waals surface area contributed by atoms with Crippen molar-refractivity contribution in [3.63, 3.8) is 0 Å². The Kier molecular flexibility index (Phi) is 4.21. The van der Waals surface area contributed by atoms with E-state index in [0.29, 0.717) is 12.6 Å². The Labute approximate surface area is 127 Å². The van der Waals surface area contributed by atoms with Crippen LogP contribution < -0.4 is 10.2 Å². The Morgan fingerprint density at radius 3 is 2.65 bits per heavy atom. The monoisotopic (exact) mass is 338 g/mol. The Hall–Kier alpha value is -1.14. The van der Waals surface area contributed by atoms with Gasteiger partial charge in [-0.1, -0.05) is 0 Å². The summed E-state index contributed by atoms with van der Waals surface area (Å²) in [6, 6.07) is 4.60. The first-order valence-corrected chi connectivity index (χ1v) is 7.89. The highest BCUT2D eigenvalue weighted by Gasteiger charge is 2.25. The molecular formula is C14H19BrN4O. The van der Waals surface area contributed by atoms with Crippen LogP contribution in [-0.2, 0) is 4.79 Å². The van der Waals surface area contributed by atoms with Crippen molar-refractivity contribution >= 4 is 27.7 Å². The normalized spacial score (nSPS) is 19.2. The van der Waals surface area contributed by atoms with Crippen molar-refractivity contribution in [3.05, 3.63) is 22.8 Å². The van der Waals surface area contributed by atoms with Gasteiger partial charge in [-0.3, -0.25) is 4.79 Å². The van der Waals surface area contributed by atoms with Gasteiger partial charge < -0.3 is 15.1 Å². The number of rotatable bonds is 4. The number of aromatic nitrogens is 1. The van der Waals surface area contributed by atoms with Gasteiger partial charge in [-0.05, 0) is 40.9 Å². The highest BCUT2D eigenvalue weighted by atomic mass is 79.9. The third-order valence-electron chi connectivity index (χ3n) is 3.79. The third-order valence-corrected chi connectivity index (χ3v) is 4.26. The lowest BCUT2D eigenvalue weighted by Gasteiger charge is -2.35. The zero-order valence-electron chi connectivity index (χ0n) is 11.4. The van der Waals surface area contributed by atoms with E-state index in [-0.39, 0.29) is 5.91 Å². The number of carbonyl (C=O) groups is 1. The Morgan fingerprint density at radius 1 is 1.30 bits per heavy atom. The lowest BCUT2D eigenvalue weighted by molar-refractivity contribution is -0.130. The van der Waals surface area contributed by atoms with E-state index < -0.39 is 0 Å². The SMILES string of the molecule is O=C(CNC1CC1)N1CCN(c2ccc(Br)cn2)CC1. The Morgan fingerprint density at radius 2 is 2.05 bits per heavy atom. The maximum atomic E-state index is 12.0. The van der Waals surface area contributed by atoms with Crippen molar-refractivity contribution in [2.45, 2.75) is 18.9 Å². The predicted molar refractivity (Wildman–Crippen MR) is 81.8 cm³/mol. The Balaban J connectivity index is 1.48. The van der Waals surface area contributed by atoms with Crippen molar-refractivity contribution in [3.8, 4) is 0 Å². The van der Waals surface area contributed by atoms with Crippen LogP contribution in [0.1, 0.15) is 12.8 Å². The van der Waals surface area contributed by atoms with Gasteiger partial charge in [0, 0.05) is 42.9 Å². The van der Waals surface area contributed by atoms with Crippen LogP contribution in [0.3, 0.4) is 0 Å². The van der Waals surface area contributed by atoms with Gasteiger partial charge >= 0.3 is 0 Å². The molecule has 0 atom stereocenters. The van der Waals surface area contributed by atoms with E-state index in [4.69, 9.17) is 0 Å². The third kappa shape index (κ3) is 3.49. The zero-order valence-corrected chi connectivity index (χ0v) is 13.0. The maximum Gasteiger partial charge on any atom is 0.236 e. The molecule has 3 rings (SSSR count). The van der Waals surface area contributed by atoms with Crippen molar-refractivity contribution < 1.29 is 4.79 Å². The molecule has 20 heavy (non-hydrogen) atoms. The standard InChI is InChI=1S/C14H19BrN4O/c15-11-1-4-13(17-9-11)18-5-7-19(8-6-18)14(20)10-16-12-2-3-12/h1,4,9,12,16H,2-3,5-8,10H2. The molecule has 2 heterocycles. The number of nitrogens with zero attached hydrogens (tertiary/aromatic N) is 3. The van der Waals surface area contributed by atoms with Gasteiger partial charge in [0.05, 0.1) is 6.54 Å². The van der Waals surface area contributed by atoms with Gasteiger partial charge in [0.2, 0.25) is 5.91 Å². The van der Waals surface area contributed by atoms with Gasteiger partial charge in [0.1, 0.15) is 5.82 Å². The minimum Gasteiger partial charge on any atom is -0.353 e. The van der Waals surface area contributed by atoms with Crippen molar-refractivity contribution in [1.82, 2.24) is 15.2 Å². The van der Waals surface area contributed by atoms with E-state index in [1.165, 1.54) is 12.8 Å². The number of hydrogen-bond acceptors (Lipinski definition) is 4. The number of carbonyl (C=O) groups excluding carboxylic acids is 1. The molecule has 5 nitrogen and oxygen atoms in total. The summed E-state index contributed by atoms with van der Waals surface area (Å²) < 4.78 is 0.987. The first kappa shape index (κ1) is 13.8. The first-order chi connectivity index (χ1) is 9.72. The fraction of sp³-hybridized carbons (Fsp3) is 0.571. The van der Waals surface area contributed by atoms with E-state index in [9.17, 15) is 4.79 Å². The molecule has 0 radical (unpaired) electrons. The zero-order chi connectivity index (χ0) is 13.9. The summed E-state index contributed by atoms with van der Waals surface area (Å²) in [4.78, 5) is 20.6. The minimum atomic E-state index is 0.223. The summed E-state index contributed by atoms with van der Waals surface area (Å²) >= 11 is 3.39. The van der Waals surface area contributed by atoms with E-state index in [1.54, 1.807) is 0 Å². The average Bonchev–Trinajstić information content (AvgIpc) is 3.30. The fourth-order valence-corrected chi connectivity index (χ4v) is 2.61. The van der Waals surface area contributed by atoms with Gasteiger partial charge in [0.25, 0.3) is 0 Å². The smallest absolute Gasteiger partial charge is 0.236 e. The molecule has 0 aromatic carbocycles. The quantitative estimate of drug-likeness (QED) is 0.897. The fourth-order valence-electron chi connectivity index (χ4n) is 2.37. The summed E-state index contributed by atoms with van der Waals surface area (Å²) in [5, 5.41) is 3.28. The number of halogens is 1. The minimum absolute atomic E-state index is 0.223. The second-order valence-corrected chi connectivity index (χ2v) is 6.27. The van der Waals surface area contributed by atoms with E-state index in [0.717, 1.165) is 36.5 Å². The average molecular weight is 339 g/mol. The maximum absolute atomic E-state index is 12.0. The molecule has 1 aliphatic carbocycles. The molecule has 2 aliphatic rings. The van der Waals surface area contributed by atoms with Crippen molar-refractivity contribution in [2.75, 3.05) is 37.6 Å². The van der Waals surface area contributed by atoms with Crippen LogP contribution in [-0.4, -0.2) is 54.6 Å². The lowest BCUT2D eigenvalue weighted by atomic mass is 10.3. The van der Waals surface area contributed by atoms with Crippen molar-refractivity contribution in [2.24, 2.45) is 0 Å². The predicted octanol–water partition coefficient (Wildman–Crippen LogP) is 1.24. The molecule has 1 aliphatic heterocycles. The highest BCUT2D eigenvalue weighted by Crippen LogP contribution is 2.19. The summed E-state index contributed by atoms with van der Waals surface area (Å²) in [6.45, 7) is 3.75. The molecule has 1 saturated carbocycles. The summed E-state index contributed by atoms with van der Waals surface area (Å²) in [5.41, 5.74) is 0. The van der Waals surface area contributed by atoms with Gasteiger partial charge in [-0.2, -0.15) is 0 Å². The second kappa shape index (κ2) is 6.10. The van der Waals surface area contributed by atoms with Crippen LogP contribution in [0, 0.1) is 0 Å². The van der Waals surface area contributed by atoms with Crippen LogP contribution in [0.2, 0.25) is 0 Å². The summed E-state index contributed by atoms with van der Waals surface area (Å²) in [7, 11) is 0. The molecule has 0 spiro atoms. The van der Waals surface area contributed by atoms with Crippen LogP contribution in [0.25, 0.3) is 0 Å². The molecule has 1 saturated heterocycles. The Bertz CT molecular complexity index is 467. The highest BCUT2D eigenvalue weighted by molar-refractivity contribution is 9.10. The topological polar surface area (TPSA) is 48.5 Å². The molecule has 0 bridgehead atoms. The van der Waals surface area contributed by atoms with Crippen LogP contribution in [0.4, 0.5) is 5.82 Å². The number of anilines is 1. The number of nitrogens with one attached hydrogen (secondary N) is 1. The molecule has 0 unspecified atom stereocenters. The van der Waals surface area contributed by atoms with E-state index in [2.05, 4.69) is 31.1 Å². The van der Waals surface area contributed by atoms with E-state index >= 15 is 0 Å². The molecular weight excluding hydrogens is 320 g/mol. The van der Waals surface area contributed by atoms with Crippen LogP contribution in [0.15, 0.2) is 22.8 Å². The number of piperazine rings is 1. The number of amides is 1. The number of pyridine rings is 1. The second-order valence-electron chi connectivity index (χ2n) is 5.36. The van der Waals surface area contributed by atoms with Crippen LogP contribution >= 0.6 is 15.9 Å². The molecule has 108 valence electrons. The molecule has 6 heteroatoms. The van der Waals surface area contributed by atoms with Gasteiger partial charge in [-0.25, -0.2) is 4.98 Å². The van der Waals surface area contributed by atoms with Gasteiger partial charge in [-0.15, -0.1) is 0 Å². The lowest BCUT2D eigenvalue weighted by Crippen LogP contribution is -2.51. The molecule has 1 aromatic rings. The summed E-state index contributed by atoms with van der Waals surface area (Å²) in [5.74, 6) is 1.21. The van der Waals surface area contributed by atoms with Crippen molar-refractivity contribution in [1.29, 1.82) is 0 Å². The first-order valence-electron chi connectivity index (χ1n) is 7.10. The molecule has 2 fully saturated rings. The summed E-state index contributed by atoms with van der Waals surface area (Å²) in [6.07, 6.45) is 4.25. The largest absolute Gasteiger partial charge is 0.353 e. The van der Waals surface area contributed by atoms with Gasteiger partial charge in [0.15, 0.2) is 0 Å². The number of hydrogen-bond donors (Lipinski definition) is 1. The van der Waals surface area contributed by atoms with E-state index in [1.807, 2.05) is 23.2 Å². The molecule has 1 amide bonds. The molecule has 1 N–H and O–H groups in total. The molecule has 1 aromatic heterocycles. The van der Waals surface area contributed by atoms with Crippen LogP contribution in [0.5, 0.6) is 0 Å².